The lowest BCUT2D eigenvalue weighted by Gasteiger charge is -2.18. The van der Waals surface area contributed by atoms with Crippen molar-refractivity contribution in [2.75, 3.05) is 13.2 Å². The number of rotatable bonds is 37. The monoisotopic (exact) mass is 811 g/mol. The summed E-state index contributed by atoms with van der Waals surface area (Å²) in [5, 5.41) is 0. The molecule has 0 aromatic carbocycles. The van der Waals surface area contributed by atoms with E-state index in [-0.39, 0.29) is 32.5 Å². The van der Waals surface area contributed by atoms with Gasteiger partial charge in [-0.05, 0) is 103 Å². The largest absolute Gasteiger partial charge is 0.462 e. The van der Waals surface area contributed by atoms with Crippen molar-refractivity contribution in [3.8, 4) is 0 Å². The second kappa shape index (κ2) is 46.0. The lowest BCUT2D eigenvalue weighted by Crippen LogP contribution is -2.30. The average Bonchev–Trinajstić information content (AvgIpc) is 3.23. The van der Waals surface area contributed by atoms with Gasteiger partial charge in [0.05, 0.1) is 6.42 Å². The third kappa shape index (κ3) is 44.2. The van der Waals surface area contributed by atoms with Crippen LogP contribution in [-0.2, 0) is 28.6 Å². The molecule has 0 fully saturated rings. The van der Waals surface area contributed by atoms with Crippen molar-refractivity contribution in [3.05, 3.63) is 146 Å². The van der Waals surface area contributed by atoms with Crippen molar-refractivity contribution >= 4 is 17.9 Å². The molecule has 59 heavy (non-hydrogen) atoms. The van der Waals surface area contributed by atoms with Gasteiger partial charge in [-0.1, -0.05) is 173 Å². The fourth-order valence-electron chi connectivity index (χ4n) is 5.13. The zero-order valence-electron chi connectivity index (χ0n) is 36.9. The molecule has 0 heterocycles. The topological polar surface area (TPSA) is 78.9 Å². The number of hydrogen-bond donors (Lipinski definition) is 0. The summed E-state index contributed by atoms with van der Waals surface area (Å²) in [6, 6.07) is 0. The van der Waals surface area contributed by atoms with Crippen LogP contribution >= 0.6 is 0 Å². The highest BCUT2D eigenvalue weighted by Crippen LogP contribution is 2.09. The average molecular weight is 811 g/mol. The number of carbonyl (C=O) groups excluding carboxylic acids is 3. The van der Waals surface area contributed by atoms with Gasteiger partial charge in [-0.15, -0.1) is 0 Å². The van der Waals surface area contributed by atoms with Gasteiger partial charge in [0, 0.05) is 12.8 Å². The maximum atomic E-state index is 12.7. The van der Waals surface area contributed by atoms with Crippen LogP contribution in [0.15, 0.2) is 146 Å². The van der Waals surface area contributed by atoms with Gasteiger partial charge in [-0.3, -0.25) is 14.4 Å². The summed E-state index contributed by atoms with van der Waals surface area (Å²) < 4.78 is 16.5. The van der Waals surface area contributed by atoms with Gasteiger partial charge >= 0.3 is 17.9 Å². The Bertz CT molecular complexity index is 1390. The van der Waals surface area contributed by atoms with Crippen LogP contribution in [0.2, 0.25) is 0 Å². The van der Waals surface area contributed by atoms with Gasteiger partial charge in [0.25, 0.3) is 0 Å². The number of ether oxygens (including phenoxy) is 3. The first-order chi connectivity index (χ1) is 29.0. The van der Waals surface area contributed by atoms with Crippen molar-refractivity contribution in [1.82, 2.24) is 0 Å². The second-order valence-electron chi connectivity index (χ2n) is 13.8. The fourth-order valence-corrected chi connectivity index (χ4v) is 5.13. The zero-order chi connectivity index (χ0) is 43.0. The molecule has 1 unspecified atom stereocenters. The van der Waals surface area contributed by atoms with Crippen LogP contribution in [-0.4, -0.2) is 37.2 Å². The summed E-state index contributed by atoms with van der Waals surface area (Å²) in [4.78, 5) is 37.6. The number of esters is 3. The van der Waals surface area contributed by atoms with Gasteiger partial charge in [-0.2, -0.15) is 0 Å². The van der Waals surface area contributed by atoms with Crippen molar-refractivity contribution in [2.45, 2.75) is 155 Å². The molecule has 0 aromatic rings. The minimum absolute atomic E-state index is 0.108. The Morgan fingerprint density at radius 3 is 1.14 bits per heavy atom. The van der Waals surface area contributed by atoms with E-state index in [0.717, 1.165) is 96.3 Å². The molecule has 0 radical (unpaired) electrons. The first-order valence-electron chi connectivity index (χ1n) is 22.3. The summed E-state index contributed by atoms with van der Waals surface area (Å²) in [7, 11) is 0. The highest BCUT2D eigenvalue weighted by atomic mass is 16.6. The molecule has 6 nitrogen and oxygen atoms in total. The second-order valence-corrected chi connectivity index (χ2v) is 13.8. The Morgan fingerprint density at radius 1 is 0.356 bits per heavy atom. The van der Waals surface area contributed by atoms with Gasteiger partial charge in [0.2, 0.25) is 0 Å². The molecule has 6 heteroatoms. The Kier molecular flexibility index (Phi) is 42.3. The Morgan fingerprint density at radius 2 is 0.712 bits per heavy atom. The van der Waals surface area contributed by atoms with Crippen molar-refractivity contribution < 1.29 is 28.6 Å². The SMILES string of the molecule is CC/C=C\C/C=C\C/C=C\C/C=C\C/C=C\CCC(=O)OCC(COC(=O)C/C=C\C/C=C\C/C=C\CC)OC(=O)CCCCC/C=C\C/C=C\C/C=C\C/C=C\CC. The predicted octanol–water partition coefficient (Wildman–Crippen LogP) is 14.5. The Balaban J connectivity index is 4.64. The molecule has 0 aliphatic carbocycles. The van der Waals surface area contributed by atoms with Crippen molar-refractivity contribution in [2.24, 2.45) is 0 Å². The van der Waals surface area contributed by atoms with E-state index in [9.17, 15) is 14.4 Å². The molecule has 0 aliphatic rings. The predicted molar refractivity (Wildman–Crippen MR) is 251 cm³/mol. The molecule has 0 aromatic heterocycles. The quantitative estimate of drug-likeness (QED) is 0.0269. The molecule has 0 rings (SSSR count). The zero-order valence-corrected chi connectivity index (χ0v) is 36.9. The maximum Gasteiger partial charge on any atom is 0.309 e. The van der Waals surface area contributed by atoms with Crippen LogP contribution < -0.4 is 0 Å². The first-order valence-corrected chi connectivity index (χ1v) is 22.3. The maximum absolute atomic E-state index is 12.7. The van der Waals surface area contributed by atoms with E-state index in [1.54, 1.807) is 6.08 Å². The standard InChI is InChI=1S/C53H78O6/c1-4-7-10-13-16-19-21-23-25-27-29-31-34-37-40-43-46-52(55)58-49-50(48-57-51(54)45-42-39-36-33-18-15-12-9-6-3)59-53(56)47-44-41-38-35-32-30-28-26-24-22-20-17-14-11-8-5-2/h7-12,16-20,23-26,29-33,37,39-40,42,50H,4-6,13-15,21-22,27-28,34-36,38,41,43-49H2,1-3H3/b10-7-,11-8-,12-9-,19-16-,20-17-,25-23-,26-24-,31-29-,32-30-,33-18-,40-37-,42-39-. The molecule has 326 valence electrons. The molecule has 1 atom stereocenters. The molecule has 0 bridgehead atoms. The highest BCUT2D eigenvalue weighted by molar-refractivity contribution is 5.72. The van der Waals surface area contributed by atoms with E-state index in [1.807, 2.05) is 18.2 Å². The summed E-state index contributed by atoms with van der Waals surface area (Å²) >= 11 is 0. The van der Waals surface area contributed by atoms with Crippen LogP contribution in [0.3, 0.4) is 0 Å². The van der Waals surface area contributed by atoms with Crippen LogP contribution in [0.5, 0.6) is 0 Å². The number of allylic oxidation sites excluding steroid dienone is 23. The third-order valence-electron chi connectivity index (χ3n) is 8.37. The fraction of sp³-hybridized carbons (Fsp3) is 0.491. The minimum atomic E-state index is -0.864. The molecule has 0 aliphatic heterocycles. The summed E-state index contributed by atoms with van der Waals surface area (Å²) in [5.74, 6) is -1.22. The summed E-state index contributed by atoms with van der Waals surface area (Å²) in [6.45, 7) is 6.05. The minimum Gasteiger partial charge on any atom is -0.462 e. The van der Waals surface area contributed by atoms with Gasteiger partial charge in [0.15, 0.2) is 6.10 Å². The number of hydrogen-bond acceptors (Lipinski definition) is 6. The van der Waals surface area contributed by atoms with Gasteiger partial charge in [-0.25, -0.2) is 0 Å². The van der Waals surface area contributed by atoms with Crippen LogP contribution in [0.4, 0.5) is 0 Å². The lowest BCUT2D eigenvalue weighted by molar-refractivity contribution is -0.166. The van der Waals surface area contributed by atoms with E-state index in [0.29, 0.717) is 12.8 Å². The van der Waals surface area contributed by atoms with Crippen LogP contribution in [0.1, 0.15) is 149 Å². The molecule has 0 saturated carbocycles. The van der Waals surface area contributed by atoms with Crippen LogP contribution in [0.25, 0.3) is 0 Å². The Hall–Kier alpha value is -4.71. The van der Waals surface area contributed by atoms with E-state index in [1.165, 1.54) is 0 Å². The van der Waals surface area contributed by atoms with E-state index < -0.39 is 24.0 Å². The molecular formula is C53H78O6. The molecule has 0 N–H and O–H groups in total. The van der Waals surface area contributed by atoms with Gasteiger partial charge in [0.1, 0.15) is 13.2 Å². The third-order valence-corrected chi connectivity index (χ3v) is 8.37. The lowest BCUT2D eigenvalue weighted by atomic mass is 10.1. The molecular weight excluding hydrogens is 733 g/mol. The van der Waals surface area contributed by atoms with Gasteiger partial charge < -0.3 is 14.2 Å². The smallest absolute Gasteiger partial charge is 0.309 e. The first kappa shape index (κ1) is 54.3. The normalized spacial score (nSPS) is 13.5. The molecule has 0 amide bonds. The Labute approximate surface area is 359 Å². The van der Waals surface area contributed by atoms with E-state index in [2.05, 4.69) is 142 Å². The van der Waals surface area contributed by atoms with E-state index >= 15 is 0 Å². The summed E-state index contributed by atoms with van der Waals surface area (Å²) in [5.41, 5.74) is 0. The van der Waals surface area contributed by atoms with E-state index in [4.69, 9.17) is 14.2 Å². The number of carbonyl (C=O) groups is 3. The molecule has 0 saturated heterocycles. The highest BCUT2D eigenvalue weighted by Gasteiger charge is 2.19. The molecule has 0 spiro atoms. The number of unbranched alkanes of at least 4 members (excludes halogenated alkanes) is 3. The van der Waals surface area contributed by atoms with Crippen LogP contribution in [0, 0.1) is 0 Å². The van der Waals surface area contributed by atoms with Crippen molar-refractivity contribution in [1.29, 1.82) is 0 Å². The summed E-state index contributed by atoms with van der Waals surface area (Å²) in [6.07, 6.45) is 65.9. The van der Waals surface area contributed by atoms with Crippen molar-refractivity contribution in [3.63, 3.8) is 0 Å².